The third-order valence-electron chi connectivity index (χ3n) is 3.94. The van der Waals surface area contributed by atoms with Crippen LogP contribution in [0.25, 0.3) is 0 Å². The fourth-order valence-corrected chi connectivity index (χ4v) is 2.71. The highest BCUT2D eigenvalue weighted by Gasteiger charge is 2.04. The Morgan fingerprint density at radius 1 is 1.00 bits per heavy atom. The van der Waals surface area contributed by atoms with E-state index in [1.54, 1.807) is 12.1 Å². The summed E-state index contributed by atoms with van der Waals surface area (Å²) in [7, 11) is 0. The van der Waals surface area contributed by atoms with Gasteiger partial charge in [-0.25, -0.2) is 5.43 Å². The van der Waals surface area contributed by atoms with Crippen LogP contribution >= 0.6 is 23.2 Å². The first-order valence-electron chi connectivity index (χ1n) is 8.83. The van der Waals surface area contributed by atoms with Gasteiger partial charge in [-0.2, -0.15) is 5.10 Å². The Hall–Kier alpha value is -1.06. The highest BCUT2D eigenvalue weighted by Crippen LogP contribution is 2.22. The molecule has 0 aliphatic rings. The first-order chi connectivity index (χ1) is 11.5. The van der Waals surface area contributed by atoms with Gasteiger partial charge in [0.2, 0.25) is 5.91 Å². The van der Waals surface area contributed by atoms with Crippen molar-refractivity contribution in [1.82, 2.24) is 5.43 Å². The Morgan fingerprint density at radius 3 is 2.25 bits per heavy atom. The maximum atomic E-state index is 11.8. The van der Waals surface area contributed by atoms with Crippen molar-refractivity contribution >= 4 is 34.8 Å². The van der Waals surface area contributed by atoms with Crippen molar-refractivity contribution in [2.45, 2.75) is 71.6 Å². The zero-order chi connectivity index (χ0) is 17.8. The molecule has 0 atom stereocenters. The lowest BCUT2D eigenvalue weighted by Crippen LogP contribution is -2.18. The smallest absolute Gasteiger partial charge is 0.240 e. The molecule has 1 rings (SSSR count). The van der Waals surface area contributed by atoms with Crippen molar-refractivity contribution in [3.05, 3.63) is 33.8 Å². The first kappa shape index (κ1) is 21.0. The molecule has 5 heteroatoms. The second-order valence-corrected chi connectivity index (χ2v) is 6.90. The zero-order valence-corrected chi connectivity index (χ0v) is 16.2. The average Bonchev–Trinajstić information content (AvgIpc) is 2.57. The van der Waals surface area contributed by atoms with Crippen molar-refractivity contribution in [2.75, 3.05) is 0 Å². The predicted molar refractivity (Wildman–Crippen MR) is 104 cm³/mol. The van der Waals surface area contributed by atoms with Gasteiger partial charge in [-0.15, -0.1) is 0 Å². The number of carbonyl (C=O) groups excluding carboxylic acids is 1. The lowest BCUT2D eigenvalue weighted by molar-refractivity contribution is -0.121. The van der Waals surface area contributed by atoms with Crippen molar-refractivity contribution in [2.24, 2.45) is 5.10 Å². The minimum atomic E-state index is -0.0413. The molecule has 0 heterocycles. The van der Waals surface area contributed by atoms with Gasteiger partial charge in [0.25, 0.3) is 0 Å². The van der Waals surface area contributed by atoms with Crippen molar-refractivity contribution in [3.63, 3.8) is 0 Å². The number of nitrogens with zero attached hydrogens (tertiary/aromatic N) is 1. The molecule has 134 valence electrons. The number of hydrogen-bond donors (Lipinski definition) is 1. The number of nitrogens with one attached hydrogen (secondary N) is 1. The molecule has 0 saturated carbocycles. The topological polar surface area (TPSA) is 41.5 Å². The molecule has 0 fully saturated rings. The summed E-state index contributed by atoms with van der Waals surface area (Å²) >= 11 is 11.9. The number of amides is 1. The summed E-state index contributed by atoms with van der Waals surface area (Å²) in [5, 5.41) is 5.12. The minimum Gasteiger partial charge on any atom is -0.273 e. The number of hydrazone groups is 1. The lowest BCUT2D eigenvalue weighted by atomic mass is 10.1. The molecule has 0 bridgehead atoms. The Labute approximate surface area is 155 Å². The van der Waals surface area contributed by atoms with Crippen LogP contribution < -0.4 is 5.43 Å². The van der Waals surface area contributed by atoms with E-state index in [9.17, 15) is 4.79 Å². The Morgan fingerprint density at radius 2 is 1.62 bits per heavy atom. The second-order valence-electron chi connectivity index (χ2n) is 6.09. The first-order valence-corrected chi connectivity index (χ1v) is 9.58. The van der Waals surface area contributed by atoms with E-state index in [0.717, 1.165) is 18.4 Å². The molecule has 0 spiro atoms. The van der Waals surface area contributed by atoms with Crippen LogP contribution in [0, 0.1) is 0 Å². The van der Waals surface area contributed by atoms with Crippen LogP contribution in [0.1, 0.15) is 77.2 Å². The zero-order valence-electron chi connectivity index (χ0n) is 14.7. The normalized spacial score (nSPS) is 11.6. The maximum Gasteiger partial charge on any atom is 0.240 e. The molecular weight excluding hydrogens is 343 g/mol. The predicted octanol–water partition coefficient (Wildman–Crippen LogP) is 6.36. The lowest BCUT2D eigenvalue weighted by Gasteiger charge is -2.05. The summed E-state index contributed by atoms with van der Waals surface area (Å²) in [5.74, 6) is -0.0413. The van der Waals surface area contributed by atoms with Crippen LogP contribution in [-0.4, -0.2) is 11.6 Å². The van der Waals surface area contributed by atoms with Crippen molar-refractivity contribution in [1.29, 1.82) is 0 Å². The van der Waals surface area contributed by atoms with Gasteiger partial charge in [0.15, 0.2) is 0 Å². The summed E-state index contributed by atoms with van der Waals surface area (Å²) in [5.41, 5.74) is 4.16. The highest BCUT2D eigenvalue weighted by atomic mass is 35.5. The quantitative estimate of drug-likeness (QED) is 0.274. The molecule has 3 nitrogen and oxygen atoms in total. The fourth-order valence-electron chi connectivity index (χ4n) is 2.41. The van der Waals surface area contributed by atoms with Crippen LogP contribution in [0.4, 0.5) is 0 Å². The van der Waals surface area contributed by atoms with Crippen molar-refractivity contribution in [3.8, 4) is 0 Å². The van der Waals surface area contributed by atoms with Crippen molar-refractivity contribution < 1.29 is 4.79 Å². The van der Waals surface area contributed by atoms with E-state index in [4.69, 9.17) is 23.2 Å². The molecule has 1 aromatic rings. The van der Waals surface area contributed by atoms with E-state index in [1.165, 1.54) is 38.5 Å². The molecular formula is C19H28Cl2N2O. The van der Waals surface area contributed by atoms with Gasteiger partial charge in [0.05, 0.1) is 15.8 Å². The SMILES string of the molecule is CCCCCCCCCCC(=O)N/N=C(\C)c1ccc(Cl)c(Cl)c1. The van der Waals surface area contributed by atoms with E-state index < -0.39 is 0 Å². The standard InChI is InChI=1S/C19H28Cl2N2O/c1-3-4-5-6-7-8-9-10-11-19(24)23-22-15(2)16-12-13-17(20)18(21)14-16/h12-14H,3-11H2,1-2H3,(H,23,24)/b22-15+. The van der Waals surface area contributed by atoms with E-state index in [1.807, 2.05) is 13.0 Å². The van der Waals surface area contributed by atoms with E-state index in [0.29, 0.717) is 22.2 Å². The summed E-state index contributed by atoms with van der Waals surface area (Å²) < 4.78 is 0. The summed E-state index contributed by atoms with van der Waals surface area (Å²) in [6, 6.07) is 5.30. The molecule has 1 aromatic carbocycles. The number of benzene rings is 1. The van der Waals surface area contributed by atoms with Gasteiger partial charge in [-0.05, 0) is 31.0 Å². The van der Waals surface area contributed by atoms with Gasteiger partial charge in [-0.1, -0.05) is 81.1 Å². The molecule has 0 aromatic heterocycles. The van der Waals surface area contributed by atoms with Gasteiger partial charge in [-0.3, -0.25) is 4.79 Å². The van der Waals surface area contributed by atoms with Crippen LogP contribution in [0.5, 0.6) is 0 Å². The van der Waals surface area contributed by atoms with Gasteiger partial charge >= 0.3 is 0 Å². The average molecular weight is 371 g/mol. The molecule has 0 saturated heterocycles. The summed E-state index contributed by atoms with van der Waals surface area (Å²) in [6.45, 7) is 4.06. The minimum absolute atomic E-state index is 0.0413. The van der Waals surface area contributed by atoms with Crippen LogP contribution in [0.2, 0.25) is 10.0 Å². The number of carbonyl (C=O) groups is 1. The van der Waals surface area contributed by atoms with Gasteiger partial charge in [0.1, 0.15) is 0 Å². The van der Waals surface area contributed by atoms with E-state index >= 15 is 0 Å². The Balaban J connectivity index is 2.21. The Bertz CT molecular complexity index is 544. The second kappa shape index (κ2) is 12.3. The monoisotopic (exact) mass is 370 g/mol. The number of halogens is 2. The van der Waals surface area contributed by atoms with E-state index in [2.05, 4.69) is 17.5 Å². The molecule has 0 radical (unpaired) electrons. The van der Waals surface area contributed by atoms with Gasteiger partial charge < -0.3 is 0 Å². The third-order valence-corrected chi connectivity index (χ3v) is 4.68. The number of hydrogen-bond acceptors (Lipinski definition) is 2. The largest absolute Gasteiger partial charge is 0.273 e. The number of unbranched alkanes of at least 4 members (excludes halogenated alkanes) is 7. The van der Waals surface area contributed by atoms with Gasteiger partial charge in [0, 0.05) is 6.42 Å². The molecule has 0 aliphatic carbocycles. The van der Waals surface area contributed by atoms with Crippen LogP contribution in [0.15, 0.2) is 23.3 Å². The molecule has 1 amide bonds. The fraction of sp³-hybridized carbons (Fsp3) is 0.579. The van der Waals surface area contributed by atoms with Crippen LogP contribution in [-0.2, 0) is 4.79 Å². The highest BCUT2D eigenvalue weighted by molar-refractivity contribution is 6.42. The van der Waals surface area contributed by atoms with E-state index in [-0.39, 0.29) is 5.91 Å². The molecule has 1 N–H and O–H groups in total. The third kappa shape index (κ3) is 8.70. The van der Waals surface area contributed by atoms with Crippen LogP contribution in [0.3, 0.4) is 0 Å². The summed E-state index contributed by atoms with van der Waals surface area (Å²) in [4.78, 5) is 11.8. The molecule has 24 heavy (non-hydrogen) atoms. The maximum absolute atomic E-state index is 11.8. The Kier molecular flexibility index (Phi) is 10.8. The summed E-state index contributed by atoms with van der Waals surface area (Å²) in [6.07, 6.45) is 10.3. The number of rotatable bonds is 11. The molecule has 0 aliphatic heterocycles. The molecule has 0 unspecified atom stereocenters.